The maximum Gasteiger partial charge on any atom is 0.351 e. The summed E-state index contributed by atoms with van der Waals surface area (Å²) in [5, 5.41) is 7.20. The highest BCUT2D eigenvalue weighted by Gasteiger charge is 2.50. The van der Waals surface area contributed by atoms with Gasteiger partial charge in [0.1, 0.15) is 5.82 Å². The molecule has 2 bridgehead atoms. The fourth-order valence-corrected chi connectivity index (χ4v) is 4.10. The Morgan fingerprint density at radius 2 is 1.90 bits per heavy atom. The van der Waals surface area contributed by atoms with Crippen molar-refractivity contribution in [3.8, 4) is 5.75 Å². The minimum atomic E-state index is -1.17. The number of hydrogen-bond donors (Lipinski definition) is 3. The third kappa shape index (κ3) is 2.73. The number of allylic oxidation sites excluding steroid dienone is 1. The second-order valence-electron chi connectivity index (χ2n) is 7.57. The Morgan fingerprint density at radius 1 is 1.14 bits per heavy atom. The molecule has 1 saturated heterocycles. The lowest BCUT2D eigenvalue weighted by molar-refractivity contribution is -0.0214. The lowest BCUT2D eigenvalue weighted by atomic mass is 10.0. The number of hydrogen-bond acceptors (Lipinski definition) is 7. The zero-order valence-corrected chi connectivity index (χ0v) is 17.4. The van der Waals surface area contributed by atoms with E-state index in [1.54, 1.807) is 0 Å². The molecule has 5 rings (SSSR count). The molecule has 3 heterocycles. The smallest absolute Gasteiger partial charge is 0.351 e. The summed E-state index contributed by atoms with van der Waals surface area (Å²) in [7, 11) is 0. The van der Waals surface area contributed by atoms with Gasteiger partial charge in [0, 0.05) is 17.5 Å². The van der Waals surface area contributed by atoms with Crippen molar-refractivity contribution in [2.45, 2.75) is 33.7 Å². The molecule has 2 aromatic carbocycles. The molecule has 3 aliphatic rings. The van der Waals surface area contributed by atoms with Gasteiger partial charge in [0.05, 0.1) is 16.4 Å². The molecule has 0 aliphatic carbocycles. The second-order valence-corrected chi connectivity index (χ2v) is 7.97. The van der Waals surface area contributed by atoms with Crippen LogP contribution in [0.4, 0.5) is 17.1 Å². The summed E-state index contributed by atoms with van der Waals surface area (Å²) in [5.74, 6) is 0.303. The Bertz CT molecular complexity index is 1070. The monoisotopic (exact) mass is 411 g/mol. The van der Waals surface area contributed by atoms with Crippen molar-refractivity contribution in [1.82, 2.24) is 5.48 Å². The average Bonchev–Trinajstić information content (AvgIpc) is 3.26. The topological polar surface area (TPSA) is 70.2 Å². The van der Waals surface area contributed by atoms with Crippen LogP contribution in [-0.4, -0.2) is 18.9 Å². The molecule has 150 valence electrons. The quantitative estimate of drug-likeness (QED) is 0.695. The summed E-state index contributed by atoms with van der Waals surface area (Å²) in [5.41, 5.74) is 10.3. The van der Waals surface area contributed by atoms with Crippen molar-refractivity contribution in [2.75, 3.05) is 22.3 Å². The van der Waals surface area contributed by atoms with Gasteiger partial charge < -0.3 is 15.4 Å². The Hall–Kier alpha value is -2.90. The second kappa shape index (κ2) is 6.30. The van der Waals surface area contributed by atoms with Gasteiger partial charge in [0.15, 0.2) is 12.5 Å². The van der Waals surface area contributed by atoms with Crippen molar-refractivity contribution >= 4 is 34.9 Å². The lowest BCUT2D eigenvalue weighted by Crippen LogP contribution is -2.51. The fraction of sp³-hybridized carbons (Fsp3) is 0.286. The van der Waals surface area contributed by atoms with Crippen LogP contribution in [0.15, 0.2) is 40.7 Å². The van der Waals surface area contributed by atoms with Crippen molar-refractivity contribution in [1.29, 1.82) is 0 Å². The molecule has 0 saturated carbocycles. The normalized spacial score (nSPS) is 21.6. The number of benzene rings is 2. The zero-order valence-electron chi connectivity index (χ0n) is 16.7. The molecular weight excluding hydrogens is 390 g/mol. The van der Waals surface area contributed by atoms with Crippen molar-refractivity contribution in [3.63, 3.8) is 0 Å². The number of nitrogens with zero attached hydrogens (tertiary/aromatic N) is 2. The van der Waals surface area contributed by atoms with Gasteiger partial charge in [-0.05, 0) is 68.7 Å². The first-order valence-electron chi connectivity index (χ1n) is 9.44. The molecule has 1 atom stereocenters. The van der Waals surface area contributed by atoms with E-state index < -0.39 is 5.97 Å². The fourth-order valence-electron chi connectivity index (χ4n) is 3.83. The van der Waals surface area contributed by atoms with Crippen LogP contribution in [0.5, 0.6) is 5.75 Å². The van der Waals surface area contributed by atoms with E-state index >= 15 is 0 Å². The Morgan fingerprint density at radius 3 is 2.66 bits per heavy atom. The molecular formula is C21H22ClN5O2. The average molecular weight is 412 g/mol. The van der Waals surface area contributed by atoms with E-state index in [2.05, 4.69) is 49.0 Å². The van der Waals surface area contributed by atoms with Gasteiger partial charge in [0.25, 0.3) is 0 Å². The van der Waals surface area contributed by atoms with Gasteiger partial charge in [-0.2, -0.15) is 0 Å². The standard InChI is InChI=1S/C21H22ClN5O2/c1-11-5-15(6-12(2)14(11)4)25-21-24-9-13(3)20(26-29-21)27(21)16-7-17(22)19-18(8-16)23-10-28-19/h5-9,23,25-26H,10H2,1-4H3. The van der Waals surface area contributed by atoms with E-state index in [-0.39, 0.29) is 0 Å². The van der Waals surface area contributed by atoms with E-state index in [1.807, 2.05) is 30.2 Å². The first kappa shape index (κ1) is 18.1. The highest BCUT2D eigenvalue weighted by Crippen LogP contribution is 2.45. The number of anilines is 3. The molecule has 0 aromatic heterocycles. The summed E-state index contributed by atoms with van der Waals surface area (Å²) in [6.07, 6.45) is 1.81. The Labute approximate surface area is 174 Å². The van der Waals surface area contributed by atoms with Crippen LogP contribution >= 0.6 is 11.6 Å². The molecule has 1 fully saturated rings. The first-order chi connectivity index (χ1) is 13.9. The highest BCUT2D eigenvalue weighted by atomic mass is 35.5. The molecule has 8 heteroatoms. The van der Waals surface area contributed by atoms with Gasteiger partial charge in [-0.25, -0.2) is 15.3 Å². The van der Waals surface area contributed by atoms with E-state index in [0.29, 0.717) is 17.5 Å². The Kier molecular flexibility index (Phi) is 3.94. The van der Waals surface area contributed by atoms with E-state index in [0.717, 1.165) is 28.5 Å². The van der Waals surface area contributed by atoms with E-state index in [9.17, 15) is 0 Å². The number of aliphatic imine (C=N–C) groups is 1. The minimum Gasteiger partial charge on any atom is -0.470 e. The number of halogens is 1. The van der Waals surface area contributed by atoms with Crippen molar-refractivity contribution < 1.29 is 9.57 Å². The molecule has 7 nitrogen and oxygen atoms in total. The number of fused-ring (bicyclic) bond motifs is 3. The maximum atomic E-state index is 6.48. The van der Waals surface area contributed by atoms with Gasteiger partial charge in [0.2, 0.25) is 0 Å². The van der Waals surface area contributed by atoms with Gasteiger partial charge >= 0.3 is 5.97 Å². The van der Waals surface area contributed by atoms with Gasteiger partial charge in [-0.15, -0.1) is 0 Å². The van der Waals surface area contributed by atoms with Crippen LogP contribution in [-0.2, 0) is 4.84 Å². The van der Waals surface area contributed by atoms with Crippen molar-refractivity contribution in [3.05, 3.63) is 57.4 Å². The molecule has 0 radical (unpaired) electrons. The van der Waals surface area contributed by atoms with Crippen molar-refractivity contribution in [2.24, 2.45) is 4.99 Å². The predicted octanol–water partition coefficient (Wildman–Crippen LogP) is 4.41. The molecule has 0 spiro atoms. The van der Waals surface area contributed by atoms with Crippen LogP contribution in [0.1, 0.15) is 23.6 Å². The number of rotatable bonds is 3. The summed E-state index contributed by atoms with van der Waals surface area (Å²) >= 11 is 6.48. The van der Waals surface area contributed by atoms with Gasteiger partial charge in [-0.1, -0.05) is 11.6 Å². The largest absolute Gasteiger partial charge is 0.470 e. The minimum absolute atomic E-state index is 0.401. The number of nitrogens with one attached hydrogen (secondary N) is 3. The SMILES string of the molecule is CC1=C2NOC(Nc3cc(C)c(C)c(C)c3)(N=C1)N2c1cc(Cl)c2c(c1)NCO2. The molecule has 0 amide bonds. The predicted molar refractivity (Wildman–Crippen MR) is 115 cm³/mol. The zero-order chi connectivity index (χ0) is 20.3. The van der Waals surface area contributed by atoms with Crippen LogP contribution in [0.2, 0.25) is 5.02 Å². The molecule has 3 N–H and O–H groups in total. The third-order valence-corrected chi connectivity index (χ3v) is 5.90. The van der Waals surface area contributed by atoms with Crippen LogP contribution in [0.3, 0.4) is 0 Å². The van der Waals surface area contributed by atoms with Gasteiger partial charge in [-0.3, -0.25) is 4.90 Å². The van der Waals surface area contributed by atoms with Crippen LogP contribution < -0.4 is 25.8 Å². The van der Waals surface area contributed by atoms with Crippen LogP contribution in [0, 0.1) is 20.8 Å². The van der Waals surface area contributed by atoms with E-state index in [4.69, 9.17) is 26.2 Å². The van der Waals surface area contributed by atoms with Crippen LogP contribution in [0.25, 0.3) is 0 Å². The lowest BCUT2D eigenvalue weighted by Gasteiger charge is -2.36. The number of ether oxygens (including phenoxy) is 1. The molecule has 2 aromatic rings. The molecule has 3 aliphatic heterocycles. The summed E-state index contributed by atoms with van der Waals surface area (Å²) in [4.78, 5) is 12.7. The third-order valence-electron chi connectivity index (χ3n) is 5.62. The highest BCUT2D eigenvalue weighted by molar-refractivity contribution is 6.33. The summed E-state index contributed by atoms with van der Waals surface area (Å²) < 4.78 is 5.55. The Balaban J connectivity index is 1.60. The summed E-state index contributed by atoms with van der Waals surface area (Å²) in [6.45, 7) is 8.70. The molecule has 29 heavy (non-hydrogen) atoms. The maximum absolute atomic E-state index is 6.48. The first-order valence-corrected chi connectivity index (χ1v) is 9.82. The van der Waals surface area contributed by atoms with E-state index in [1.165, 1.54) is 16.7 Å². The number of hydroxylamine groups is 1. The molecule has 1 unspecified atom stereocenters. The summed E-state index contributed by atoms with van der Waals surface area (Å²) in [6, 6.07) is 8.05. The number of aryl methyl sites for hydroxylation is 2.